The first-order valence-electron chi connectivity index (χ1n) is 7.38. The summed E-state index contributed by atoms with van der Waals surface area (Å²) in [5.41, 5.74) is 8.07. The van der Waals surface area contributed by atoms with E-state index in [0.29, 0.717) is 37.5 Å². The number of hydrogen-bond donors (Lipinski definition) is 1. The maximum atomic E-state index is 12.6. The Hall–Kier alpha value is -2.34. The summed E-state index contributed by atoms with van der Waals surface area (Å²) >= 11 is 0. The van der Waals surface area contributed by atoms with Crippen molar-refractivity contribution in [2.75, 3.05) is 25.4 Å². The van der Waals surface area contributed by atoms with Crippen LogP contribution >= 0.6 is 0 Å². The first kappa shape index (κ1) is 14.6. The number of nitrogen functional groups attached to an aromatic ring is 1. The SMILES string of the molecule is Cc1cnn(CC2CN(C(=O)c3ccccc3N)CCO2)c1. The first-order valence-corrected chi connectivity index (χ1v) is 7.38. The summed E-state index contributed by atoms with van der Waals surface area (Å²) in [6, 6.07) is 7.17. The van der Waals surface area contributed by atoms with Gasteiger partial charge in [0.1, 0.15) is 0 Å². The van der Waals surface area contributed by atoms with Crippen LogP contribution in [-0.4, -0.2) is 46.4 Å². The number of morpholine rings is 1. The Balaban J connectivity index is 1.67. The van der Waals surface area contributed by atoms with Crippen LogP contribution in [-0.2, 0) is 11.3 Å². The second kappa shape index (κ2) is 6.19. The molecule has 0 radical (unpaired) electrons. The van der Waals surface area contributed by atoms with Gasteiger partial charge in [-0.05, 0) is 24.6 Å². The van der Waals surface area contributed by atoms with Crippen LogP contribution < -0.4 is 5.73 Å². The normalized spacial score (nSPS) is 18.4. The fraction of sp³-hybridized carbons (Fsp3) is 0.375. The first-order chi connectivity index (χ1) is 10.6. The Morgan fingerprint density at radius 1 is 1.45 bits per heavy atom. The number of aryl methyl sites for hydroxylation is 1. The molecule has 0 saturated carbocycles. The number of benzene rings is 1. The summed E-state index contributed by atoms with van der Waals surface area (Å²) in [6.07, 6.45) is 3.73. The van der Waals surface area contributed by atoms with Gasteiger partial charge in [-0.2, -0.15) is 5.10 Å². The van der Waals surface area contributed by atoms with E-state index in [9.17, 15) is 4.79 Å². The van der Waals surface area contributed by atoms with Crippen molar-refractivity contribution in [2.45, 2.75) is 19.6 Å². The number of rotatable bonds is 3. The fourth-order valence-electron chi connectivity index (χ4n) is 2.65. The number of carbonyl (C=O) groups is 1. The molecule has 1 atom stereocenters. The number of ether oxygens (including phenoxy) is 1. The molecule has 1 unspecified atom stereocenters. The summed E-state index contributed by atoms with van der Waals surface area (Å²) in [6.45, 7) is 4.30. The minimum Gasteiger partial charge on any atom is -0.398 e. The van der Waals surface area contributed by atoms with Crippen LogP contribution in [0, 0.1) is 6.92 Å². The highest BCUT2D eigenvalue weighted by atomic mass is 16.5. The Morgan fingerprint density at radius 3 is 3.00 bits per heavy atom. The summed E-state index contributed by atoms with van der Waals surface area (Å²) in [5, 5.41) is 4.27. The van der Waals surface area contributed by atoms with Crippen LogP contribution in [0.1, 0.15) is 15.9 Å². The van der Waals surface area contributed by atoms with Gasteiger partial charge in [-0.1, -0.05) is 12.1 Å². The molecule has 0 spiro atoms. The molecule has 2 N–H and O–H groups in total. The van der Waals surface area contributed by atoms with Crippen LogP contribution in [0.2, 0.25) is 0 Å². The lowest BCUT2D eigenvalue weighted by Gasteiger charge is -2.33. The second-order valence-corrected chi connectivity index (χ2v) is 5.57. The molecule has 0 aliphatic carbocycles. The lowest BCUT2D eigenvalue weighted by molar-refractivity contribution is -0.0299. The molecule has 22 heavy (non-hydrogen) atoms. The van der Waals surface area contributed by atoms with Gasteiger partial charge in [0, 0.05) is 25.0 Å². The van der Waals surface area contributed by atoms with E-state index in [0.717, 1.165) is 5.56 Å². The highest BCUT2D eigenvalue weighted by molar-refractivity contribution is 5.99. The van der Waals surface area contributed by atoms with Crippen molar-refractivity contribution in [3.63, 3.8) is 0 Å². The predicted molar refractivity (Wildman–Crippen MR) is 83.5 cm³/mol. The van der Waals surface area contributed by atoms with E-state index in [2.05, 4.69) is 5.10 Å². The summed E-state index contributed by atoms with van der Waals surface area (Å²) in [5.74, 6) is -0.0388. The zero-order valence-electron chi connectivity index (χ0n) is 12.6. The highest BCUT2D eigenvalue weighted by Gasteiger charge is 2.26. The fourth-order valence-corrected chi connectivity index (χ4v) is 2.65. The van der Waals surface area contributed by atoms with Gasteiger partial charge >= 0.3 is 0 Å². The van der Waals surface area contributed by atoms with E-state index in [1.165, 1.54) is 0 Å². The molecular formula is C16H20N4O2. The van der Waals surface area contributed by atoms with Gasteiger partial charge in [-0.25, -0.2) is 0 Å². The van der Waals surface area contributed by atoms with E-state index in [4.69, 9.17) is 10.5 Å². The van der Waals surface area contributed by atoms with E-state index < -0.39 is 0 Å². The molecular weight excluding hydrogens is 280 g/mol. The average molecular weight is 300 g/mol. The number of nitrogens with zero attached hydrogens (tertiary/aromatic N) is 3. The van der Waals surface area contributed by atoms with Crippen LogP contribution in [0.15, 0.2) is 36.7 Å². The molecule has 1 aromatic carbocycles. The monoisotopic (exact) mass is 300 g/mol. The van der Waals surface area contributed by atoms with Crippen LogP contribution in [0.3, 0.4) is 0 Å². The summed E-state index contributed by atoms with van der Waals surface area (Å²) < 4.78 is 7.60. The molecule has 3 rings (SSSR count). The molecule has 1 fully saturated rings. The summed E-state index contributed by atoms with van der Waals surface area (Å²) in [7, 11) is 0. The molecule has 6 nitrogen and oxygen atoms in total. The van der Waals surface area contributed by atoms with Crippen molar-refractivity contribution >= 4 is 11.6 Å². The van der Waals surface area contributed by atoms with Crippen molar-refractivity contribution in [1.29, 1.82) is 0 Å². The smallest absolute Gasteiger partial charge is 0.256 e. The van der Waals surface area contributed by atoms with Gasteiger partial charge in [-0.3, -0.25) is 9.48 Å². The molecule has 1 saturated heterocycles. The number of carbonyl (C=O) groups excluding carboxylic acids is 1. The Bertz CT molecular complexity index is 668. The van der Waals surface area contributed by atoms with E-state index >= 15 is 0 Å². The molecule has 2 aromatic rings. The Morgan fingerprint density at radius 2 is 2.27 bits per heavy atom. The van der Waals surface area contributed by atoms with Crippen molar-refractivity contribution in [3.8, 4) is 0 Å². The number of para-hydroxylation sites is 1. The number of aromatic nitrogens is 2. The molecule has 2 heterocycles. The van der Waals surface area contributed by atoms with Crippen molar-refractivity contribution in [3.05, 3.63) is 47.8 Å². The lowest BCUT2D eigenvalue weighted by atomic mass is 10.1. The van der Waals surface area contributed by atoms with E-state index in [1.807, 2.05) is 36.1 Å². The maximum Gasteiger partial charge on any atom is 0.256 e. The van der Waals surface area contributed by atoms with Gasteiger partial charge in [0.15, 0.2) is 0 Å². The van der Waals surface area contributed by atoms with Crippen molar-refractivity contribution in [1.82, 2.24) is 14.7 Å². The second-order valence-electron chi connectivity index (χ2n) is 5.57. The summed E-state index contributed by atoms with van der Waals surface area (Å²) in [4.78, 5) is 14.4. The third-order valence-electron chi connectivity index (χ3n) is 3.77. The molecule has 1 amide bonds. The van der Waals surface area contributed by atoms with Crippen molar-refractivity contribution < 1.29 is 9.53 Å². The molecule has 1 aliphatic heterocycles. The topological polar surface area (TPSA) is 73.4 Å². The molecule has 0 bridgehead atoms. The zero-order valence-corrected chi connectivity index (χ0v) is 12.6. The number of amides is 1. The minimum absolute atomic E-state index is 0.0388. The number of hydrogen-bond acceptors (Lipinski definition) is 4. The molecule has 1 aromatic heterocycles. The number of anilines is 1. The Kier molecular flexibility index (Phi) is 4.11. The zero-order chi connectivity index (χ0) is 15.5. The quantitative estimate of drug-likeness (QED) is 0.868. The van der Waals surface area contributed by atoms with Gasteiger partial charge in [0.2, 0.25) is 0 Å². The molecule has 6 heteroatoms. The Labute approximate surface area is 129 Å². The standard InChI is InChI=1S/C16H20N4O2/c1-12-8-18-20(9-12)11-13-10-19(6-7-22-13)16(21)14-4-2-3-5-15(14)17/h2-5,8-9,13H,6-7,10-11,17H2,1H3. The third kappa shape index (κ3) is 3.12. The van der Waals surface area contributed by atoms with Gasteiger partial charge < -0.3 is 15.4 Å². The molecule has 116 valence electrons. The van der Waals surface area contributed by atoms with Gasteiger partial charge in [0.05, 0.1) is 31.0 Å². The van der Waals surface area contributed by atoms with Crippen LogP contribution in [0.4, 0.5) is 5.69 Å². The largest absolute Gasteiger partial charge is 0.398 e. The van der Waals surface area contributed by atoms with E-state index in [1.54, 1.807) is 17.0 Å². The number of nitrogens with two attached hydrogens (primary N) is 1. The maximum absolute atomic E-state index is 12.6. The molecule has 1 aliphatic rings. The van der Waals surface area contributed by atoms with Gasteiger partial charge in [0.25, 0.3) is 5.91 Å². The third-order valence-corrected chi connectivity index (χ3v) is 3.77. The van der Waals surface area contributed by atoms with E-state index in [-0.39, 0.29) is 12.0 Å². The average Bonchev–Trinajstić information content (AvgIpc) is 2.92. The lowest BCUT2D eigenvalue weighted by Crippen LogP contribution is -2.47. The van der Waals surface area contributed by atoms with Crippen molar-refractivity contribution in [2.24, 2.45) is 0 Å². The predicted octanol–water partition coefficient (Wildman–Crippen LogP) is 1.31. The highest BCUT2D eigenvalue weighted by Crippen LogP contribution is 2.16. The minimum atomic E-state index is -0.0538. The van der Waals surface area contributed by atoms with Crippen LogP contribution in [0.25, 0.3) is 0 Å². The van der Waals surface area contributed by atoms with Crippen LogP contribution in [0.5, 0.6) is 0 Å². The van der Waals surface area contributed by atoms with Gasteiger partial charge in [-0.15, -0.1) is 0 Å².